The van der Waals surface area contributed by atoms with E-state index in [1.165, 1.54) is 38.5 Å². The Hall–Kier alpha value is 0.137. The van der Waals surface area contributed by atoms with Crippen molar-refractivity contribution >= 4 is 8.56 Å². The van der Waals surface area contributed by atoms with E-state index >= 15 is 0 Å². The lowest BCUT2D eigenvalue weighted by Crippen LogP contribution is -2.45. The van der Waals surface area contributed by atoms with E-state index in [0.29, 0.717) is 12.0 Å². The van der Waals surface area contributed by atoms with Crippen LogP contribution in [0.5, 0.6) is 0 Å². The van der Waals surface area contributed by atoms with Gasteiger partial charge in [0.1, 0.15) is 0 Å². The van der Waals surface area contributed by atoms with E-state index in [4.69, 9.17) is 8.85 Å². The van der Waals surface area contributed by atoms with Crippen LogP contribution in [-0.2, 0) is 8.85 Å². The lowest BCUT2D eigenvalue weighted by atomic mass is 10.1. The van der Waals surface area contributed by atoms with E-state index in [9.17, 15) is 0 Å². The fourth-order valence-electron chi connectivity index (χ4n) is 2.76. The van der Waals surface area contributed by atoms with Gasteiger partial charge in [-0.25, -0.2) is 0 Å². The molecule has 0 radical (unpaired) electrons. The summed E-state index contributed by atoms with van der Waals surface area (Å²) in [7, 11) is -1.97. The zero-order valence-electron chi connectivity index (χ0n) is 15.5. The summed E-state index contributed by atoms with van der Waals surface area (Å²) in [6, 6.07) is 2.14. The van der Waals surface area contributed by atoms with Crippen molar-refractivity contribution in [2.45, 2.75) is 105 Å². The SMILES string of the molecule is CCCCCCCCO[Si](CC)(CC)OC(CC)C(C)C. The number of hydrogen-bond donors (Lipinski definition) is 0. The second-order valence-electron chi connectivity index (χ2n) is 6.54. The van der Waals surface area contributed by atoms with Crippen molar-refractivity contribution in [1.29, 1.82) is 0 Å². The highest BCUT2D eigenvalue weighted by atomic mass is 28.4. The largest absolute Gasteiger partial charge is 0.394 e. The first-order chi connectivity index (χ1) is 10.0. The molecule has 0 heterocycles. The zero-order valence-corrected chi connectivity index (χ0v) is 16.5. The van der Waals surface area contributed by atoms with Crippen molar-refractivity contribution in [1.82, 2.24) is 0 Å². The molecule has 0 N–H and O–H groups in total. The van der Waals surface area contributed by atoms with Crippen LogP contribution in [0, 0.1) is 5.92 Å². The van der Waals surface area contributed by atoms with Crippen LogP contribution < -0.4 is 0 Å². The molecule has 0 aromatic rings. The van der Waals surface area contributed by atoms with Crippen LogP contribution in [0.3, 0.4) is 0 Å². The average Bonchev–Trinajstić information content (AvgIpc) is 2.49. The van der Waals surface area contributed by atoms with Crippen molar-refractivity contribution < 1.29 is 8.85 Å². The van der Waals surface area contributed by atoms with Crippen LogP contribution in [-0.4, -0.2) is 21.3 Å². The smallest absolute Gasteiger partial charge is 0.337 e. The van der Waals surface area contributed by atoms with E-state index in [-0.39, 0.29) is 0 Å². The fourth-order valence-corrected chi connectivity index (χ4v) is 5.58. The molecule has 1 atom stereocenters. The molecule has 0 spiro atoms. The Balaban J connectivity index is 4.15. The van der Waals surface area contributed by atoms with E-state index in [2.05, 4.69) is 41.5 Å². The summed E-state index contributed by atoms with van der Waals surface area (Å²) in [5.74, 6) is 0.581. The lowest BCUT2D eigenvalue weighted by molar-refractivity contribution is 0.0788. The third kappa shape index (κ3) is 8.99. The maximum atomic E-state index is 6.51. The normalized spacial score (nSPS) is 13.9. The lowest BCUT2D eigenvalue weighted by Gasteiger charge is -2.34. The Bertz CT molecular complexity index is 227. The van der Waals surface area contributed by atoms with E-state index in [1.54, 1.807) is 0 Å². The Kier molecular flexibility index (Phi) is 12.7. The van der Waals surface area contributed by atoms with Gasteiger partial charge in [-0.05, 0) is 30.8 Å². The second kappa shape index (κ2) is 12.7. The predicted molar refractivity (Wildman–Crippen MR) is 96.0 cm³/mol. The number of rotatable bonds is 14. The van der Waals surface area contributed by atoms with Gasteiger partial charge >= 0.3 is 8.56 Å². The summed E-state index contributed by atoms with van der Waals surface area (Å²) < 4.78 is 12.8. The van der Waals surface area contributed by atoms with Crippen LogP contribution in [0.2, 0.25) is 12.1 Å². The Morgan fingerprint density at radius 1 is 0.810 bits per heavy atom. The molecule has 0 rings (SSSR count). The third-order valence-corrected chi connectivity index (χ3v) is 8.07. The zero-order chi connectivity index (χ0) is 16.1. The molecular weight excluding hydrogens is 276 g/mol. The Morgan fingerprint density at radius 2 is 1.38 bits per heavy atom. The van der Waals surface area contributed by atoms with Gasteiger partial charge in [-0.15, -0.1) is 0 Å². The first-order valence-electron chi connectivity index (χ1n) is 9.36. The van der Waals surface area contributed by atoms with Gasteiger partial charge in [-0.1, -0.05) is 73.6 Å². The molecule has 3 heteroatoms. The molecule has 0 aromatic carbocycles. The standard InChI is InChI=1S/C18H40O2Si/c1-7-11-12-13-14-15-16-19-21(9-3,10-4)20-18(8-2)17(5)6/h17-18H,7-16H2,1-6H3. The molecule has 128 valence electrons. The minimum Gasteiger partial charge on any atom is -0.394 e. The van der Waals surface area contributed by atoms with Crippen molar-refractivity contribution in [2.75, 3.05) is 6.61 Å². The summed E-state index contributed by atoms with van der Waals surface area (Å²) in [4.78, 5) is 0. The van der Waals surface area contributed by atoms with Crippen molar-refractivity contribution in [2.24, 2.45) is 5.92 Å². The van der Waals surface area contributed by atoms with Gasteiger partial charge in [0.05, 0.1) is 0 Å². The molecule has 0 saturated heterocycles. The molecule has 0 bridgehead atoms. The van der Waals surface area contributed by atoms with Crippen LogP contribution in [0.15, 0.2) is 0 Å². The molecule has 21 heavy (non-hydrogen) atoms. The molecule has 1 unspecified atom stereocenters. The molecule has 0 saturated carbocycles. The molecule has 0 amide bonds. The highest BCUT2D eigenvalue weighted by molar-refractivity contribution is 6.67. The highest BCUT2D eigenvalue weighted by Gasteiger charge is 2.36. The molecule has 2 nitrogen and oxygen atoms in total. The maximum absolute atomic E-state index is 6.51. The Labute approximate surface area is 135 Å². The quantitative estimate of drug-likeness (QED) is 0.277. The van der Waals surface area contributed by atoms with Crippen molar-refractivity contribution in [3.8, 4) is 0 Å². The highest BCUT2D eigenvalue weighted by Crippen LogP contribution is 2.25. The van der Waals surface area contributed by atoms with Crippen LogP contribution >= 0.6 is 0 Å². The third-order valence-electron chi connectivity index (χ3n) is 4.45. The fraction of sp³-hybridized carbons (Fsp3) is 1.00. The van der Waals surface area contributed by atoms with E-state index in [1.807, 2.05) is 0 Å². The minimum atomic E-state index is -1.97. The topological polar surface area (TPSA) is 18.5 Å². The molecule has 0 aliphatic rings. The number of hydrogen-bond acceptors (Lipinski definition) is 2. The predicted octanol–water partition coefficient (Wildman–Crippen LogP) is 6.30. The summed E-state index contributed by atoms with van der Waals surface area (Å²) in [5.41, 5.74) is 0. The molecule has 0 fully saturated rings. The van der Waals surface area contributed by atoms with Gasteiger partial charge in [-0.2, -0.15) is 0 Å². The first kappa shape index (κ1) is 21.1. The van der Waals surface area contributed by atoms with E-state index in [0.717, 1.165) is 25.1 Å². The molecule has 0 aliphatic carbocycles. The number of unbranched alkanes of at least 4 members (excludes halogenated alkanes) is 5. The van der Waals surface area contributed by atoms with E-state index < -0.39 is 8.56 Å². The van der Waals surface area contributed by atoms with Crippen molar-refractivity contribution in [3.63, 3.8) is 0 Å². The second-order valence-corrected chi connectivity index (χ2v) is 10.3. The average molecular weight is 317 g/mol. The van der Waals surface area contributed by atoms with Gasteiger partial charge in [0.2, 0.25) is 0 Å². The summed E-state index contributed by atoms with van der Waals surface area (Å²) in [6.07, 6.45) is 9.38. The first-order valence-corrected chi connectivity index (χ1v) is 11.6. The minimum absolute atomic E-state index is 0.362. The molecule has 0 aliphatic heterocycles. The van der Waals surface area contributed by atoms with Gasteiger partial charge in [0, 0.05) is 12.7 Å². The van der Waals surface area contributed by atoms with Crippen molar-refractivity contribution in [3.05, 3.63) is 0 Å². The summed E-state index contributed by atoms with van der Waals surface area (Å²) in [6.45, 7) is 14.4. The van der Waals surface area contributed by atoms with Gasteiger partial charge in [-0.3, -0.25) is 0 Å². The molecule has 0 aromatic heterocycles. The summed E-state index contributed by atoms with van der Waals surface area (Å²) >= 11 is 0. The Morgan fingerprint density at radius 3 is 1.86 bits per heavy atom. The molecular formula is C18H40O2Si. The monoisotopic (exact) mass is 316 g/mol. The van der Waals surface area contributed by atoms with Gasteiger partial charge in [0.25, 0.3) is 0 Å². The van der Waals surface area contributed by atoms with Crippen LogP contribution in [0.25, 0.3) is 0 Å². The maximum Gasteiger partial charge on any atom is 0.337 e. The summed E-state index contributed by atoms with van der Waals surface area (Å²) in [5, 5.41) is 0. The van der Waals surface area contributed by atoms with Gasteiger partial charge in [0.15, 0.2) is 0 Å². The van der Waals surface area contributed by atoms with Crippen LogP contribution in [0.1, 0.15) is 86.5 Å². The van der Waals surface area contributed by atoms with Crippen LogP contribution in [0.4, 0.5) is 0 Å². The van der Waals surface area contributed by atoms with Gasteiger partial charge < -0.3 is 8.85 Å².